The molecule has 0 fully saturated rings. The van der Waals surface area contributed by atoms with Crippen molar-refractivity contribution in [1.82, 2.24) is 9.78 Å². The van der Waals surface area contributed by atoms with Crippen LogP contribution in [0.5, 0.6) is 0 Å². The Hall–Kier alpha value is -1.21. The first kappa shape index (κ1) is 14.7. The van der Waals surface area contributed by atoms with E-state index in [0.717, 1.165) is 16.7 Å². The van der Waals surface area contributed by atoms with Crippen LogP contribution >= 0.6 is 38.5 Å². The van der Waals surface area contributed by atoms with Gasteiger partial charge in [-0.2, -0.15) is 5.10 Å². The predicted octanol–water partition coefficient (Wildman–Crippen LogP) is 5.10. The lowest BCUT2D eigenvalue weighted by molar-refractivity contribution is 0.617. The summed E-state index contributed by atoms with van der Waals surface area (Å²) in [5.41, 5.74) is 3.22. The van der Waals surface area contributed by atoms with Crippen molar-refractivity contribution in [3.63, 3.8) is 0 Å². The summed E-state index contributed by atoms with van der Waals surface area (Å²) in [5, 5.41) is 4.37. The quantitative estimate of drug-likeness (QED) is 0.501. The molecule has 0 saturated heterocycles. The van der Waals surface area contributed by atoms with Gasteiger partial charge in [0.15, 0.2) is 0 Å². The van der Waals surface area contributed by atoms with Crippen molar-refractivity contribution in [2.45, 2.75) is 6.54 Å². The summed E-state index contributed by atoms with van der Waals surface area (Å²) in [5.74, 6) is -0.251. The molecule has 3 rings (SSSR count). The number of hydrogen-bond donors (Lipinski definition) is 0. The summed E-state index contributed by atoms with van der Waals surface area (Å²) >= 11 is 5.49. The number of hydrogen-bond acceptors (Lipinski definition) is 1. The third-order valence-electron chi connectivity index (χ3n) is 3.14. The van der Waals surface area contributed by atoms with Crippen LogP contribution in [0.3, 0.4) is 0 Å². The van der Waals surface area contributed by atoms with Gasteiger partial charge in [0.05, 0.1) is 17.2 Å². The van der Waals surface area contributed by atoms with Crippen molar-refractivity contribution in [3.8, 4) is 11.1 Å². The Morgan fingerprint density at radius 2 is 1.86 bits per heavy atom. The third kappa shape index (κ3) is 3.52. The molecule has 2 nitrogen and oxygen atoms in total. The van der Waals surface area contributed by atoms with Gasteiger partial charge in [0.25, 0.3) is 0 Å². The van der Waals surface area contributed by atoms with Crippen LogP contribution in [-0.4, -0.2) is 9.78 Å². The smallest absolute Gasteiger partial charge is 0.137 e. The summed E-state index contributed by atoms with van der Waals surface area (Å²) in [4.78, 5) is 0. The highest BCUT2D eigenvalue weighted by Crippen LogP contribution is 2.21. The first-order chi connectivity index (χ1) is 10.1. The highest BCUT2D eigenvalue weighted by molar-refractivity contribution is 14.1. The average Bonchev–Trinajstić information content (AvgIpc) is 2.92. The van der Waals surface area contributed by atoms with Crippen molar-refractivity contribution in [3.05, 3.63) is 74.3 Å². The summed E-state index contributed by atoms with van der Waals surface area (Å²) in [6.07, 6.45) is 3.85. The second kappa shape index (κ2) is 6.27. The fraction of sp³-hybridized carbons (Fsp3) is 0.0625. The molecule has 0 N–H and O–H groups in total. The average molecular weight is 457 g/mol. The van der Waals surface area contributed by atoms with Gasteiger partial charge in [0.1, 0.15) is 5.82 Å². The van der Waals surface area contributed by atoms with Gasteiger partial charge in [-0.1, -0.05) is 18.2 Å². The number of rotatable bonds is 3. The molecule has 0 aliphatic heterocycles. The van der Waals surface area contributed by atoms with Gasteiger partial charge in [-0.25, -0.2) is 4.39 Å². The Kier molecular flexibility index (Phi) is 4.40. The maximum absolute atomic E-state index is 13.2. The molecule has 0 radical (unpaired) electrons. The summed E-state index contributed by atoms with van der Waals surface area (Å²) < 4.78 is 16.8. The fourth-order valence-corrected chi connectivity index (χ4v) is 2.85. The van der Waals surface area contributed by atoms with Gasteiger partial charge >= 0.3 is 0 Å². The predicted molar refractivity (Wildman–Crippen MR) is 93.6 cm³/mol. The molecule has 3 aromatic rings. The van der Waals surface area contributed by atoms with Gasteiger partial charge in [0, 0.05) is 15.3 Å². The Bertz CT molecular complexity index is 768. The summed E-state index contributed by atoms with van der Waals surface area (Å²) in [6.45, 7) is 0.614. The zero-order valence-corrected chi connectivity index (χ0v) is 14.7. The first-order valence-electron chi connectivity index (χ1n) is 6.34. The van der Waals surface area contributed by atoms with Crippen LogP contribution in [0.25, 0.3) is 11.1 Å². The summed E-state index contributed by atoms with van der Waals surface area (Å²) in [6, 6.07) is 13.3. The molecule has 0 unspecified atom stereocenters. The van der Waals surface area contributed by atoms with Crippen LogP contribution < -0.4 is 0 Å². The second-order valence-electron chi connectivity index (χ2n) is 4.68. The van der Waals surface area contributed by atoms with Crippen LogP contribution in [0, 0.1) is 9.39 Å². The monoisotopic (exact) mass is 456 g/mol. The van der Waals surface area contributed by atoms with E-state index in [1.165, 1.54) is 9.64 Å². The van der Waals surface area contributed by atoms with Crippen molar-refractivity contribution in [2.75, 3.05) is 0 Å². The first-order valence-corrected chi connectivity index (χ1v) is 8.21. The van der Waals surface area contributed by atoms with Crippen molar-refractivity contribution in [1.29, 1.82) is 0 Å². The SMILES string of the molecule is Fc1ccc(Cn2cc(-c3ccc(I)cc3)cn2)cc1Br. The highest BCUT2D eigenvalue weighted by atomic mass is 127. The van der Waals surface area contributed by atoms with Gasteiger partial charge in [0.2, 0.25) is 0 Å². The maximum Gasteiger partial charge on any atom is 0.137 e. The lowest BCUT2D eigenvalue weighted by Gasteiger charge is -2.03. The molecule has 0 spiro atoms. The van der Waals surface area contributed by atoms with Crippen LogP contribution in [0.2, 0.25) is 0 Å². The molecule has 0 aliphatic rings. The molecule has 1 heterocycles. The van der Waals surface area contributed by atoms with E-state index < -0.39 is 0 Å². The Morgan fingerprint density at radius 1 is 1.10 bits per heavy atom. The van der Waals surface area contributed by atoms with Crippen molar-refractivity contribution < 1.29 is 4.39 Å². The Labute approximate surface area is 144 Å². The van der Waals surface area contributed by atoms with Crippen molar-refractivity contribution >= 4 is 38.5 Å². The van der Waals surface area contributed by atoms with Gasteiger partial charge in [-0.05, 0) is 73.9 Å². The van der Waals surface area contributed by atoms with E-state index in [9.17, 15) is 4.39 Å². The molecule has 106 valence electrons. The molecule has 0 atom stereocenters. The summed E-state index contributed by atoms with van der Waals surface area (Å²) in [7, 11) is 0. The second-order valence-corrected chi connectivity index (χ2v) is 6.78. The lowest BCUT2D eigenvalue weighted by atomic mass is 10.1. The zero-order valence-electron chi connectivity index (χ0n) is 10.9. The van der Waals surface area contributed by atoms with E-state index in [2.05, 4.69) is 67.9 Å². The zero-order chi connectivity index (χ0) is 14.8. The van der Waals surface area contributed by atoms with Crippen LogP contribution in [0.1, 0.15) is 5.56 Å². The molecule has 2 aromatic carbocycles. The minimum absolute atomic E-state index is 0.251. The Balaban J connectivity index is 1.81. The van der Waals surface area contributed by atoms with Crippen molar-refractivity contribution in [2.24, 2.45) is 0 Å². The number of benzene rings is 2. The highest BCUT2D eigenvalue weighted by Gasteiger charge is 2.04. The van der Waals surface area contributed by atoms with E-state index in [-0.39, 0.29) is 5.82 Å². The molecule has 21 heavy (non-hydrogen) atoms. The third-order valence-corrected chi connectivity index (χ3v) is 4.47. The van der Waals surface area contributed by atoms with Crippen LogP contribution in [-0.2, 0) is 6.54 Å². The van der Waals surface area contributed by atoms with Crippen LogP contribution in [0.15, 0.2) is 59.3 Å². The minimum Gasteiger partial charge on any atom is -0.268 e. The van der Waals surface area contributed by atoms with Crippen LogP contribution in [0.4, 0.5) is 4.39 Å². The van der Waals surface area contributed by atoms with E-state index in [1.807, 2.05) is 17.1 Å². The van der Waals surface area contributed by atoms with E-state index in [4.69, 9.17) is 0 Å². The number of halogens is 3. The van der Waals surface area contributed by atoms with E-state index in [1.54, 1.807) is 12.1 Å². The normalized spacial score (nSPS) is 10.8. The molecule has 5 heteroatoms. The van der Waals surface area contributed by atoms with Gasteiger partial charge < -0.3 is 0 Å². The molecule has 0 amide bonds. The lowest BCUT2D eigenvalue weighted by Crippen LogP contribution is -2.00. The molecule has 1 aromatic heterocycles. The minimum atomic E-state index is -0.251. The number of aromatic nitrogens is 2. The van der Waals surface area contributed by atoms with E-state index in [0.29, 0.717) is 11.0 Å². The maximum atomic E-state index is 13.2. The van der Waals surface area contributed by atoms with Gasteiger partial charge in [-0.3, -0.25) is 4.68 Å². The number of nitrogens with zero attached hydrogens (tertiary/aromatic N) is 2. The molecule has 0 aliphatic carbocycles. The molecular weight excluding hydrogens is 446 g/mol. The fourth-order valence-electron chi connectivity index (χ4n) is 2.07. The van der Waals surface area contributed by atoms with Gasteiger partial charge in [-0.15, -0.1) is 0 Å². The standard InChI is InChI=1S/C16H11BrFIN2/c17-15-7-11(1-6-16(15)18)9-21-10-13(8-20-21)12-2-4-14(19)5-3-12/h1-8,10H,9H2. The molecule has 0 bridgehead atoms. The largest absolute Gasteiger partial charge is 0.268 e. The Morgan fingerprint density at radius 3 is 2.57 bits per heavy atom. The van der Waals surface area contributed by atoms with E-state index >= 15 is 0 Å². The topological polar surface area (TPSA) is 17.8 Å². The molecular formula is C16H11BrFIN2. The molecule has 0 saturated carbocycles.